The Balaban J connectivity index is 2.95. The molecule has 3 aromatic carbocycles. The second-order valence-electron chi connectivity index (χ2n) is 8.98. The van der Waals surface area contributed by atoms with Gasteiger partial charge in [0.2, 0.25) is 0 Å². The predicted octanol–water partition coefficient (Wildman–Crippen LogP) is 6.60. The Morgan fingerprint density at radius 2 is 0.525 bits per heavy atom. The molecule has 0 unspecified atom stereocenters. The van der Waals surface area contributed by atoms with Gasteiger partial charge in [0.15, 0.2) is 52.4 Å². The van der Waals surface area contributed by atoms with Crippen molar-refractivity contribution in [3.05, 3.63) is 98.4 Å². The first-order valence-electron chi connectivity index (χ1n) is 10.7. The van der Waals surface area contributed by atoms with E-state index in [1.54, 1.807) is 0 Å². The molecule has 0 aliphatic rings. The number of rotatable bonds is 5. The SMILES string of the molecule is CC(C)=C(C)C[B-](c1c(F)c(F)c(F)c(F)c1F)(c1c(F)c(F)c(F)c(F)c1F)c1c(F)c(F)c(F)c(F)c1F. The Bertz CT molecular complexity index is 1350. The molecule has 0 saturated carbocycles. The van der Waals surface area contributed by atoms with Crippen molar-refractivity contribution in [2.45, 2.75) is 27.1 Å². The number of allylic oxidation sites excluding steroid dienone is 2. The van der Waals surface area contributed by atoms with Crippen molar-refractivity contribution in [1.29, 1.82) is 0 Å². The fourth-order valence-electron chi connectivity index (χ4n) is 4.57. The molecule has 40 heavy (non-hydrogen) atoms. The Labute approximate surface area is 214 Å². The van der Waals surface area contributed by atoms with E-state index >= 15 is 26.3 Å². The highest BCUT2D eigenvalue weighted by Crippen LogP contribution is 2.32. The summed E-state index contributed by atoms with van der Waals surface area (Å²) in [6.45, 7) is 3.10. The highest BCUT2D eigenvalue weighted by molar-refractivity contribution is 7.12. The number of halogens is 15. The molecule has 3 aromatic rings. The molecule has 0 amide bonds. The molecule has 0 atom stereocenters. The van der Waals surface area contributed by atoms with E-state index in [-0.39, 0.29) is 5.57 Å². The molecule has 16 heteroatoms. The highest BCUT2D eigenvalue weighted by Gasteiger charge is 2.48. The van der Waals surface area contributed by atoms with Crippen molar-refractivity contribution in [3.63, 3.8) is 0 Å². The lowest BCUT2D eigenvalue weighted by Gasteiger charge is -2.44. The largest absolute Gasteiger partial charge is 0.207 e. The zero-order valence-corrected chi connectivity index (χ0v) is 20.0. The van der Waals surface area contributed by atoms with Gasteiger partial charge in [0.05, 0.1) is 0 Å². The van der Waals surface area contributed by atoms with E-state index in [1.165, 1.54) is 0 Å². The molecule has 0 aliphatic heterocycles. The third-order valence-corrected chi connectivity index (χ3v) is 6.68. The van der Waals surface area contributed by atoms with Crippen LogP contribution in [-0.4, -0.2) is 6.15 Å². The summed E-state index contributed by atoms with van der Waals surface area (Å²) in [6.07, 6.45) is -7.31. The second kappa shape index (κ2) is 10.4. The average Bonchev–Trinajstić information content (AvgIpc) is 2.90. The van der Waals surface area contributed by atoms with Gasteiger partial charge in [-0.1, -0.05) is 5.57 Å². The van der Waals surface area contributed by atoms with Gasteiger partial charge < -0.3 is 0 Å². The minimum Gasteiger partial charge on any atom is -0.207 e. The van der Waals surface area contributed by atoms with Gasteiger partial charge in [-0.15, -0.1) is 28.3 Å². The minimum atomic E-state index is -5.55. The molecular formula is C24H11BF15-. The average molecular weight is 595 g/mol. The summed E-state index contributed by atoms with van der Waals surface area (Å²) in [5.74, 6) is -45.0. The maximum Gasteiger partial charge on any atom is 0.200 e. The van der Waals surface area contributed by atoms with Crippen molar-refractivity contribution >= 4 is 22.5 Å². The van der Waals surface area contributed by atoms with Gasteiger partial charge in [0.1, 0.15) is 41.0 Å². The summed E-state index contributed by atoms with van der Waals surface area (Å²) in [7, 11) is 0. The maximum absolute atomic E-state index is 15.3. The molecule has 0 heterocycles. The standard InChI is InChI=1S/C24H11BF15/c1-5(2)6(3)4-25(7-10(26)16(32)22(38)17(33)11(7)27,8-12(28)18(34)23(39)19(35)13(8)29)9-14(30)20(36)24(40)21(37)15(9)31/h4H2,1-3H3/q-1. The second-order valence-corrected chi connectivity index (χ2v) is 8.98. The summed E-state index contributed by atoms with van der Waals surface area (Å²) < 4.78 is 219. The first-order valence-corrected chi connectivity index (χ1v) is 10.7. The molecule has 0 N–H and O–H groups in total. The van der Waals surface area contributed by atoms with E-state index in [0.717, 1.165) is 20.8 Å². The number of hydrogen-bond acceptors (Lipinski definition) is 0. The van der Waals surface area contributed by atoms with Gasteiger partial charge in [-0.2, -0.15) is 0 Å². The molecule has 3 rings (SSSR count). The third kappa shape index (κ3) is 4.22. The van der Waals surface area contributed by atoms with E-state index in [9.17, 15) is 39.5 Å². The van der Waals surface area contributed by atoms with Gasteiger partial charge in [-0.3, -0.25) is 0 Å². The molecule has 0 spiro atoms. The quantitative estimate of drug-likeness (QED) is 0.103. The lowest BCUT2D eigenvalue weighted by molar-refractivity contribution is 0.379. The lowest BCUT2D eigenvalue weighted by atomic mass is 9.13. The van der Waals surface area contributed by atoms with Crippen molar-refractivity contribution < 1.29 is 65.9 Å². The van der Waals surface area contributed by atoms with Crippen LogP contribution in [0.5, 0.6) is 0 Å². The number of hydrogen-bond donors (Lipinski definition) is 0. The third-order valence-electron chi connectivity index (χ3n) is 6.68. The predicted molar refractivity (Wildman–Crippen MR) is 112 cm³/mol. The molecule has 0 aromatic heterocycles. The van der Waals surface area contributed by atoms with Gasteiger partial charge in [-0.25, -0.2) is 65.9 Å². The zero-order chi connectivity index (χ0) is 30.8. The molecule has 0 fully saturated rings. The van der Waals surface area contributed by atoms with Crippen molar-refractivity contribution in [2.24, 2.45) is 0 Å². The van der Waals surface area contributed by atoms with Crippen LogP contribution in [0.2, 0.25) is 6.32 Å². The van der Waals surface area contributed by atoms with Crippen LogP contribution in [-0.2, 0) is 0 Å². The van der Waals surface area contributed by atoms with E-state index in [2.05, 4.69) is 0 Å². The normalized spacial score (nSPS) is 11.8. The van der Waals surface area contributed by atoms with Gasteiger partial charge >= 0.3 is 0 Å². The minimum absolute atomic E-state index is 0.0807. The molecule has 0 aliphatic carbocycles. The van der Waals surface area contributed by atoms with Gasteiger partial charge in [0.25, 0.3) is 0 Å². The summed E-state index contributed by atoms with van der Waals surface area (Å²) in [4.78, 5) is 0. The van der Waals surface area contributed by atoms with Crippen LogP contribution in [0.1, 0.15) is 20.8 Å². The highest BCUT2D eigenvalue weighted by atomic mass is 19.2. The van der Waals surface area contributed by atoms with Gasteiger partial charge in [-0.05, 0) is 20.8 Å². The van der Waals surface area contributed by atoms with Crippen molar-refractivity contribution in [1.82, 2.24) is 0 Å². The Morgan fingerprint density at radius 1 is 0.350 bits per heavy atom. The van der Waals surface area contributed by atoms with Crippen molar-refractivity contribution in [2.75, 3.05) is 0 Å². The fourth-order valence-corrected chi connectivity index (χ4v) is 4.57. The zero-order valence-electron chi connectivity index (χ0n) is 20.0. The summed E-state index contributed by atoms with van der Waals surface area (Å²) >= 11 is 0. The van der Waals surface area contributed by atoms with Crippen LogP contribution in [0.3, 0.4) is 0 Å². The number of benzene rings is 3. The van der Waals surface area contributed by atoms with Crippen LogP contribution in [0, 0.1) is 87.3 Å². The van der Waals surface area contributed by atoms with Crippen LogP contribution < -0.4 is 16.4 Å². The van der Waals surface area contributed by atoms with Crippen LogP contribution >= 0.6 is 0 Å². The molecule has 0 saturated heterocycles. The van der Waals surface area contributed by atoms with E-state index in [0.29, 0.717) is 0 Å². The van der Waals surface area contributed by atoms with Crippen LogP contribution in [0.15, 0.2) is 11.1 Å². The van der Waals surface area contributed by atoms with E-state index < -0.39 is 122 Å². The van der Waals surface area contributed by atoms with Gasteiger partial charge in [0, 0.05) is 0 Å². The van der Waals surface area contributed by atoms with E-state index in [4.69, 9.17) is 0 Å². The topological polar surface area (TPSA) is 0 Å². The summed E-state index contributed by atoms with van der Waals surface area (Å²) in [6, 6.07) is 0. The Hall–Kier alpha value is -3.59. The molecule has 0 nitrogen and oxygen atoms in total. The Morgan fingerprint density at radius 3 is 0.700 bits per heavy atom. The first-order chi connectivity index (χ1) is 18.4. The molecule has 216 valence electrons. The summed E-state index contributed by atoms with van der Waals surface area (Å²) in [5, 5.41) is 0. The molecule has 0 radical (unpaired) electrons. The summed E-state index contributed by atoms with van der Waals surface area (Å²) in [5.41, 5.74) is -8.41. The van der Waals surface area contributed by atoms with Crippen LogP contribution in [0.4, 0.5) is 65.9 Å². The van der Waals surface area contributed by atoms with Crippen LogP contribution in [0.25, 0.3) is 0 Å². The molecular weight excluding hydrogens is 584 g/mol. The van der Waals surface area contributed by atoms with E-state index in [1.807, 2.05) is 0 Å². The first kappa shape index (κ1) is 30.9. The maximum atomic E-state index is 15.3. The van der Waals surface area contributed by atoms with Crippen molar-refractivity contribution in [3.8, 4) is 0 Å². The Kier molecular flexibility index (Phi) is 8.07. The fraction of sp³-hybridized carbons (Fsp3) is 0.167. The molecule has 0 bridgehead atoms. The lowest BCUT2D eigenvalue weighted by Crippen LogP contribution is -2.73. The monoisotopic (exact) mass is 595 g/mol. The smallest absolute Gasteiger partial charge is 0.200 e.